The number of nitrogens with zero attached hydrogens (tertiary/aromatic N) is 4. The van der Waals surface area contributed by atoms with E-state index in [4.69, 9.17) is 0 Å². The smallest absolute Gasteiger partial charge is 0.273 e. The summed E-state index contributed by atoms with van der Waals surface area (Å²) in [7, 11) is 0. The second kappa shape index (κ2) is 6.87. The maximum Gasteiger partial charge on any atom is 0.273 e. The number of aromatic nitrogens is 2. The second-order valence-electron chi connectivity index (χ2n) is 6.99. The highest BCUT2D eigenvalue weighted by Gasteiger charge is 2.35. The van der Waals surface area contributed by atoms with Crippen LogP contribution in [0, 0.1) is 6.92 Å². The van der Waals surface area contributed by atoms with Crippen LogP contribution in [0.5, 0.6) is 0 Å². The van der Waals surface area contributed by atoms with E-state index in [9.17, 15) is 9.59 Å². The van der Waals surface area contributed by atoms with Gasteiger partial charge in [-0.05, 0) is 31.5 Å². The van der Waals surface area contributed by atoms with Crippen LogP contribution in [0.2, 0.25) is 0 Å². The number of imidazole rings is 1. The number of hydrogen-bond acceptors (Lipinski definition) is 3. The molecule has 0 unspecified atom stereocenters. The Kier molecular flexibility index (Phi) is 4.39. The molecule has 138 valence electrons. The van der Waals surface area contributed by atoms with Crippen molar-refractivity contribution in [2.45, 2.75) is 26.4 Å². The largest absolute Gasteiger partial charge is 0.335 e. The van der Waals surface area contributed by atoms with Gasteiger partial charge in [0.2, 0.25) is 5.91 Å². The first-order chi connectivity index (χ1) is 13.0. The molecule has 0 bridgehead atoms. The number of hydrogen-bond donors (Lipinski definition) is 0. The van der Waals surface area contributed by atoms with Crippen molar-refractivity contribution in [3.8, 4) is 0 Å². The molecule has 0 aliphatic carbocycles. The summed E-state index contributed by atoms with van der Waals surface area (Å²) in [5.41, 5.74) is 3.50. The van der Waals surface area contributed by atoms with E-state index in [0.717, 1.165) is 11.2 Å². The van der Waals surface area contributed by atoms with Crippen LogP contribution in [0.4, 0.5) is 0 Å². The molecule has 1 fully saturated rings. The van der Waals surface area contributed by atoms with E-state index in [-0.39, 0.29) is 11.8 Å². The first kappa shape index (κ1) is 17.3. The Morgan fingerprint density at radius 3 is 2.70 bits per heavy atom. The molecular formula is C21H22N4O2. The maximum atomic E-state index is 13.0. The lowest BCUT2D eigenvalue weighted by atomic mass is 10.1. The van der Waals surface area contributed by atoms with Crippen molar-refractivity contribution in [1.82, 2.24) is 19.2 Å². The Hall–Kier alpha value is -3.15. The normalized spacial score (nSPS) is 17.6. The molecule has 3 heterocycles. The van der Waals surface area contributed by atoms with Gasteiger partial charge >= 0.3 is 0 Å². The highest BCUT2D eigenvalue weighted by atomic mass is 16.2. The topological polar surface area (TPSA) is 57.9 Å². The minimum absolute atomic E-state index is 0.0241. The molecule has 4 rings (SSSR count). The number of carbonyl (C=O) groups is 2. The van der Waals surface area contributed by atoms with Crippen molar-refractivity contribution in [3.05, 3.63) is 71.7 Å². The van der Waals surface area contributed by atoms with Gasteiger partial charge in [0.05, 0.1) is 6.20 Å². The number of aryl methyl sites for hydroxylation is 1. The fourth-order valence-corrected chi connectivity index (χ4v) is 3.52. The molecule has 0 spiro atoms. The zero-order valence-electron chi connectivity index (χ0n) is 15.5. The fourth-order valence-electron chi connectivity index (χ4n) is 3.52. The van der Waals surface area contributed by atoms with Crippen LogP contribution >= 0.6 is 0 Å². The van der Waals surface area contributed by atoms with Crippen molar-refractivity contribution in [3.63, 3.8) is 0 Å². The first-order valence-electron chi connectivity index (χ1n) is 9.12. The molecule has 1 aliphatic rings. The Bertz CT molecular complexity index is 993. The number of pyridine rings is 1. The Morgan fingerprint density at radius 1 is 1.15 bits per heavy atom. The van der Waals surface area contributed by atoms with Crippen molar-refractivity contribution < 1.29 is 9.59 Å². The van der Waals surface area contributed by atoms with Crippen molar-refractivity contribution in [2.75, 3.05) is 13.1 Å². The summed E-state index contributed by atoms with van der Waals surface area (Å²) in [4.78, 5) is 33.6. The summed E-state index contributed by atoms with van der Waals surface area (Å²) in [5.74, 6) is -0.187. The van der Waals surface area contributed by atoms with Crippen molar-refractivity contribution in [2.24, 2.45) is 0 Å². The van der Waals surface area contributed by atoms with E-state index >= 15 is 0 Å². The Balaban J connectivity index is 1.51. The van der Waals surface area contributed by atoms with Gasteiger partial charge in [-0.15, -0.1) is 0 Å². The van der Waals surface area contributed by atoms with Gasteiger partial charge in [0, 0.05) is 25.8 Å². The standard InChI is InChI=1S/C21H22N4O2/c1-15-6-8-17(9-7-15)14-23-11-12-24(16(2)20(23)26)21(27)18-13-22-19-5-3-4-10-25(18)19/h3-10,13,16H,11-12,14H2,1-2H3/t16-/m0/s1. The third-order valence-electron chi connectivity index (χ3n) is 5.14. The minimum Gasteiger partial charge on any atom is -0.335 e. The molecule has 2 amide bonds. The molecule has 1 aromatic carbocycles. The monoisotopic (exact) mass is 362 g/mol. The zero-order valence-corrected chi connectivity index (χ0v) is 15.5. The van der Waals surface area contributed by atoms with Gasteiger partial charge in [-0.2, -0.15) is 0 Å². The predicted octanol–water partition coefficient (Wildman–Crippen LogP) is 2.52. The van der Waals surface area contributed by atoms with E-state index in [2.05, 4.69) is 4.98 Å². The highest BCUT2D eigenvalue weighted by molar-refractivity contribution is 5.97. The predicted molar refractivity (Wildman–Crippen MR) is 102 cm³/mol. The van der Waals surface area contributed by atoms with Crippen LogP contribution in [0.15, 0.2) is 54.9 Å². The lowest BCUT2D eigenvalue weighted by molar-refractivity contribution is -0.140. The number of rotatable bonds is 3. The summed E-state index contributed by atoms with van der Waals surface area (Å²) in [6, 6.07) is 13.3. The molecule has 3 aromatic rings. The van der Waals surface area contributed by atoms with Gasteiger partial charge in [0.1, 0.15) is 17.4 Å². The molecule has 1 saturated heterocycles. The molecule has 0 N–H and O–H groups in total. The van der Waals surface area contributed by atoms with E-state index in [1.165, 1.54) is 5.56 Å². The van der Waals surface area contributed by atoms with Crippen LogP contribution in [0.25, 0.3) is 5.65 Å². The van der Waals surface area contributed by atoms with E-state index in [1.807, 2.05) is 60.5 Å². The van der Waals surface area contributed by atoms with Crippen LogP contribution in [0.3, 0.4) is 0 Å². The Morgan fingerprint density at radius 2 is 1.93 bits per heavy atom. The van der Waals surface area contributed by atoms with Crippen molar-refractivity contribution >= 4 is 17.5 Å². The fraction of sp³-hybridized carbons (Fsp3) is 0.286. The van der Waals surface area contributed by atoms with Crippen LogP contribution < -0.4 is 0 Å². The molecule has 0 saturated carbocycles. The third kappa shape index (κ3) is 3.18. The highest BCUT2D eigenvalue weighted by Crippen LogP contribution is 2.18. The Labute approximate surface area is 158 Å². The van der Waals surface area contributed by atoms with Crippen molar-refractivity contribution in [1.29, 1.82) is 0 Å². The molecule has 6 heteroatoms. The summed E-state index contributed by atoms with van der Waals surface area (Å²) in [6.45, 7) is 5.45. The van der Waals surface area contributed by atoms with E-state index in [0.29, 0.717) is 25.3 Å². The number of benzene rings is 1. The second-order valence-corrected chi connectivity index (χ2v) is 6.99. The van der Waals surface area contributed by atoms with E-state index in [1.54, 1.807) is 22.4 Å². The summed E-state index contributed by atoms with van der Waals surface area (Å²) < 4.78 is 1.76. The lowest BCUT2D eigenvalue weighted by Gasteiger charge is -2.39. The molecule has 1 atom stereocenters. The average molecular weight is 362 g/mol. The molecular weight excluding hydrogens is 340 g/mol. The molecule has 0 radical (unpaired) electrons. The van der Waals surface area contributed by atoms with Gasteiger partial charge in [-0.3, -0.25) is 14.0 Å². The molecule has 27 heavy (non-hydrogen) atoms. The van der Waals surface area contributed by atoms with Crippen LogP contribution in [0.1, 0.15) is 28.5 Å². The van der Waals surface area contributed by atoms with Gasteiger partial charge < -0.3 is 9.80 Å². The molecule has 2 aromatic heterocycles. The maximum absolute atomic E-state index is 13.0. The first-order valence-corrected chi connectivity index (χ1v) is 9.12. The molecule has 1 aliphatic heterocycles. The van der Waals surface area contributed by atoms with Gasteiger partial charge in [-0.25, -0.2) is 4.98 Å². The quantitative estimate of drug-likeness (QED) is 0.719. The lowest BCUT2D eigenvalue weighted by Crippen LogP contribution is -2.57. The van der Waals surface area contributed by atoms with Gasteiger partial charge in [0.25, 0.3) is 5.91 Å². The van der Waals surface area contributed by atoms with Gasteiger partial charge in [-0.1, -0.05) is 35.9 Å². The molecule has 6 nitrogen and oxygen atoms in total. The number of carbonyl (C=O) groups excluding carboxylic acids is 2. The zero-order chi connectivity index (χ0) is 19.0. The number of amides is 2. The van der Waals surface area contributed by atoms with Crippen LogP contribution in [-0.2, 0) is 11.3 Å². The summed E-state index contributed by atoms with van der Waals surface area (Å²) in [6.07, 6.45) is 3.39. The van der Waals surface area contributed by atoms with Crippen LogP contribution in [-0.4, -0.2) is 50.1 Å². The van der Waals surface area contributed by atoms with Gasteiger partial charge in [0.15, 0.2) is 0 Å². The summed E-state index contributed by atoms with van der Waals surface area (Å²) in [5, 5.41) is 0. The van der Waals surface area contributed by atoms with E-state index < -0.39 is 6.04 Å². The average Bonchev–Trinajstić information content (AvgIpc) is 3.11. The number of piperazine rings is 1. The SMILES string of the molecule is Cc1ccc(CN2CCN(C(=O)c3cnc4ccccn34)[C@@H](C)C2=O)cc1. The summed E-state index contributed by atoms with van der Waals surface area (Å²) >= 11 is 0. The number of fused-ring (bicyclic) bond motifs is 1. The third-order valence-corrected chi connectivity index (χ3v) is 5.14. The minimum atomic E-state index is -0.494.